The van der Waals surface area contributed by atoms with E-state index in [1.54, 1.807) is 13.1 Å². The molecule has 0 saturated carbocycles. The summed E-state index contributed by atoms with van der Waals surface area (Å²) in [7, 11) is -2.71. The quantitative estimate of drug-likeness (QED) is 0.211. The van der Waals surface area contributed by atoms with E-state index in [9.17, 15) is 12.8 Å². The van der Waals surface area contributed by atoms with Crippen molar-refractivity contribution in [2.24, 2.45) is 0 Å². The zero-order valence-electron chi connectivity index (χ0n) is 19.8. The molecule has 39 heavy (non-hydrogen) atoms. The molecule has 5 aromatic rings. The molecule has 14 heteroatoms. The van der Waals surface area contributed by atoms with Gasteiger partial charge in [0.2, 0.25) is 5.95 Å². The number of sulfonamides is 1. The van der Waals surface area contributed by atoms with Gasteiger partial charge in [-0.15, -0.1) is 11.3 Å². The maximum absolute atomic E-state index is 16.0. The fourth-order valence-corrected chi connectivity index (χ4v) is 6.90. The smallest absolute Gasteiger partial charge is 0.264 e. The van der Waals surface area contributed by atoms with Crippen LogP contribution in [0.4, 0.5) is 20.4 Å². The third kappa shape index (κ3) is 5.41. The molecule has 0 unspecified atom stereocenters. The first-order chi connectivity index (χ1) is 18.7. The van der Waals surface area contributed by atoms with Crippen LogP contribution in [0.1, 0.15) is 0 Å². The number of nitrogens with one attached hydrogen (secondary N) is 2. The van der Waals surface area contributed by atoms with E-state index >= 15 is 4.39 Å². The van der Waals surface area contributed by atoms with Gasteiger partial charge in [-0.2, -0.15) is 0 Å². The van der Waals surface area contributed by atoms with Crippen LogP contribution in [0.25, 0.3) is 32.4 Å². The average molecular weight is 605 g/mol. The lowest BCUT2D eigenvalue weighted by Gasteiger charge is -2.13. The Morgan fingerprint density at radius 2 is 1.72 bits per heavy atom. The minimum Gasteiger partial charge on any atom is -0.357 e. The first kappa shape index (κ1) is 26.9. The molecule has 3 aromatic heterocycles. The van der Waals surface area contributed by atoms with Crippen molar-refractivity contribution < 1.29 is 17.2 Å². The molecule has 2 aromatic carbocycles. The minimum atomic E-state index is -4.36. The van der Waals surface area contributed by atoms with Gasteiger partial charge in [0.1, 0.15) is 15.7 Å². The van der Waals surface area contributed by atoms with E-state index in [1.807, 2.05) is 0 Å². The molecule has 0 aliphatic rings. The number of hydrogen-bond donors (Lipinski definition) is 2. The van der Waals surface area contributed by atoms with Gasteiger partial charge < -0.3 is 5.32 Å². The summed E-state index contributed by atoms with van der Waals surface area (Å²) in [6, 6.07) is 11.3. The molecule has 198 valence electrons. The van der Waals surface area contributed by atoms with E-state index in [0.29, 0.717) is 27.1 Å². The first-order valence-electron chi connectivity index (χ1n) is 11.1. The van der Waals surface area contributed by atoms with Crippen LogP contribution in [0.15, 0.2) is 72.0 Å². The summed E-state index contributed by atoms with van der Waals surface area (Å²) in [5, 5.41) is 2.96. The minimum absolute atomic E-state index is 0.0214. The van der Waals surface area contributed by atoms with Crippen molar-refractivity contribution in [3.8, 4) is 32.4 Å². The lowest BCUT2D eigenvalue weighted by molar-refractivity contribution is 0.599. The Labute approximate surface area is 235 Å². The highest BCUT2D eigenvalue weighted by molar-refractivity contribution is 7.93. The van der Waals surface area contributed by atoms with Gasteiger partial charge >= 0.3 is 0 Å². The lowest BCUT2D eigenvalue weighted by atomic mass is 10.1. The molecule has 3 heterocycles. The van der Waals surface area contributed by atoms with Crippen molar-refractivity contribution in [3.05, 3.63) is 88.8 Å². The van der Waals surface area contributed by atoms with Crippen molar-refractivity contribution in [2.75, 3.05) is 17.1 Å². The van der Waals surface area contributed by atoms with Crippen LogP contribution < -0.4 is 10.0 Å². The number of rotatable bonds is 7. The summed E-state index contributed by atoms with van der Waals surface area (Å²) in [6.45, 7) is 0. The Balaban J connectivity index is 1.65. The fourth-order valence-electron chi connectivity index (χ4n) is 3.66. The van der Waals surface area contributed by atoms with Crippen LogP contribution >= 0.6 is 34.5 Å². The van der Waals surface area contributed by atoms with Crippen LogP contribution in [0.5, 0.6) is 0 Å². The van der Waals surface area contributed by atoms with Gasteiger partial charge in [0, 0.05) is 30.6 Å². The van der Waals surface area contributed by atoms with Crippen molar-refractivity contribution in [1.82, 2.24) is 19.9 Å². The number of hydrogen-bond acceptors (Lipinski definition) is 8. The highest BCUT2D eigenvalue weighted by Crippen LogP contribution is 2.42. The number of thiazole rings is 1. The van der Waals surface area contributed by atoms with Crippen molar-refractivity contribution in [3.63, 3.8) is 0 Å². The second-order valence-electron chi connectivity index (χ2n) is 7.93. The van der Waals surface area contributed by atoms with Gasteiger partial charge in [-0.1, -0.05) is 35.3 Å². The summed E-state index contributed by atoms with van der Waals surface area (Å²) < 4.78 is 58.3. The second-order valence-corrected chi connectivity index (χ2v) is 11.4. The zero-order valence-corrected chi connectivity index (χ0v) is 22.9. The highest BCUT2D eigenvalue weighted by Gasteiger charge is 2.26. The van der Waals surface area contributed by atoms with Crippen molar-refractivity contribution >= 4 is 56.2 Å². The van der Waals surface area contributed by atoms with E-state index in [0.717, 1.165) is 17.5 Å². The number of pyridine rings is 1. The average Bonchev–Trinajstić information content (AvgIpc) is 3.35. The Hall–Kier alpha value is -3.71. The molecule has 0 aliphatic carbocycles. The maximum Gasteiger partial charge on any atom is 0.264 e. The topological polar surface area (TPSA) is 110 Å². The van der Waals surface area contributed by atoms with Gasteiger partial charge in [0.15, 0.2) is 5.82 Å². The predicted octanol–water partition coefficient (Wildman–Crippen LogP) is 6.76. The fraction of sp³-hybridized carbons (Fsp3) is 0.0400. The lowest BCUT2D eigenvalue weighted by Crippen LogP contribution is -2.15. The molecule has 0 fully saturated rings. The molecule has 0 bridgehead atoms. The Morgan fingerprint density at radius 1 is 0.974 bits per heavy atom. The SMILES string of the molecule is CNc1nccc(-c2sc(-c3cncc(F)c3)nc2-c2cccc(NS(=O)(=O)c3c(Cl)cccc3Cl)c2F)n1. The van der Waals surface area contributed by atoms with Crippen LogP contribution in [-0.4, -0.2) is 35.4 Å². The van der Waals surface area contributed by atoms with Gasteiger partial charge in [-0.25, -0.2) is 32.2 Å². The molecular formula is C25H16Cl2F2N6O2S2. The summed E-state index contributed by atoms with van der Waals surface area (Å²) >= 11 is 13.3. The van der Waals surface area contributed by atoms with Gasteiger partial charge in [0.25, 0.3) is 10.0 Å². The first-order valence-corrected chi connectivity index (χ1v) is 14.1. The predicted molar refractivity (Wildman–Crippen MR) is 149 cm³/mol. The van der Waals surface area contributed by atoms with E-state index in [-0.39, 0.29) is 31.9 Å². The molecule has 0 atom stereocenters. The van der Waals surface area contributed by atoms with Crippen molar-refractivity contribution in [2.45, 2.75) is 4.90 Å². The van der Waals surface area contributed by atoms with E-state index in [2.05, 4.69) is 30.0 Å². The monoisotopic (exact) mass is 604 g/mol. The standard InChI is InChI=1S/C25H16Cl2F2N6O2S2/c1-30-25-32-9-8-19(33-25)22-21(34-24(38-22)13-10-14(28)12-31-11-13)15-4-2-7-18(20(15)29)35-39(36,37)23-16(26)5-3-6-17(23)27/h2-12,35H,1H3,(H,30,32,33). The van der Waals surface area contributed by atoms with E-state index in [4.69, 9.17) is 23.2 Å². The molecule has 0 radical (unpaired) electrons. The van der Waals surface area contributed by atoms with Crippen LogP contribution in [0, 0.1) is 11.6 Å². The number of halogens is 4. The molecule has 0 aliphatic heterocycles. The van der Waals surface area contributed by atoms with E-state index in [1.165, 1.54) is 54.9 Å². The molecule has 0 saturated heterocycles. The summed E-state index contributed by atoms with van der Waals surface area (Å²) in [5.41, 5.74) is 0.586. The second kappa shape index (κ2) is 10.8. The number of anilines is 2. The summed E-state index contributed by atoms with van der Waals surface area (Å²) in [5.74, 6) is -1.15. The molecule has 2 N–H and O–H groups in total. The third-order valence-corrected chi connectivity index (χ3v) is 8.82. The van der Waals surface area contributed by atoms with Crippen LogP contribution in [0.3, 0.4) is 0 Å². The van der Waals surface area contributed by atoms with Gasteiger partial charge in [-0.05, 0) is 36.4 Å². The highest BCUT2D eigenvalue weighted by atomic mass is 35.5. The normalized spacial score (nSPS) is 11.4. The van der Waals surface area contributed by atoms with Gasteiger partial charge in [0.05, 0.1) is 38.2 Å². The Morgan fingerprint density at radius 3 is 2.44 bits per heavy atom. The molecule has 8 nitrogen and oxygen atoms in total. The van der Waals surface area contributed by atoms with Crippen molar-refractivity contribution in [1.29, 1.82) is 0 Å². The number of aromatic nitrogens is 4. The zero-order chi connectivity index (χ0) is 27.7. The number of nitrogens with zero attached hydrogens (tertiary/aromatic N) is 4. The molecule has 5 rings (SSSR count). The molecular weight excluding hydrogens is 589 g/mol. The molecule has 0 spiro atoms. The Kier molecular flexibility index (Phi) is 7.45. The number of benzene rings is 2. The summed E-state index contributed by atoms with van der Waals surface area (Å²) in [4.78, 5) is 17.1. The largest absolute Gasteiger partial charge is 0.357 e. The molecule has 0 amide bonds. The van der Waals surface area contributed by atoms with Crippen LogP contribution in [0.2, 0.25) is 10.0 Å². The third-order valence-electron chi connectivity index (χ3n) is 5.38. The summed E-state index contributed by atoms with van der Waals surface area (Å²) in [6.07, 6.45) is 4.01. The van der Waals surface area contributed by atoms with Crippen LogP contribution in [-0.2, 0) is 10.0 Å². The Bertz CT molecular complexity index is 1800. The maximum atomic E-state index is 16.0. The van der Waals surface area contributed by atoms with E-state index < -0.39 is 21.7 Å². The van der Waals surface area contributed by atoms with Gasteiger partial charge in [-0.3, -0.25) is 9.71 Å².